The van der Waals surface area contributed by atoms with Gasteiger partial charge in [0.2, 0.25) is 11.9 Å². The zero-order valence-corrected chi connectivity index (χ0v) is 28.0. The molecule has 2 unspecified atom stereocenters. The summed E-state index contributed by atoms with van der Waals surface area (Å²) in [5.41, 5.74) is 8.38. The van der Waals surface area contributed by atoms with Crippen molar-refractivity contribution in [2.24, 2.45) is 5.73 Å². The number of benzene rings is 1. The number of anilines is 2. The number of thioether (sulfide) groups is 2. The lowest BCUT2D eigenvalue weighted by Gasteiger charge is -2.49. The topological polar surface area (TPSA) is 226 Å². The minimum absolute atomic E-state index is 0.109. The smallest absolute Gasteiger partial charge is 0.352 e. The van der Waals surface area contributed by atoms with Crippen LogP contribution in [0, 0.1) is 0 Å². The van der Waals surface area contributed by atoms with Crippen LogP contribution >= 0.6 is 35.5 Å². The van der Waals surface area contributed by atoms with Gasteiger partial charge in [0.15, 0.2) is 0 Å². The van der Waals surface area contributed by atoms with Crippen LogP contribution in [0.4, 0.5) is 16.4 Å². The van der Waals surface area contributed by atoms with Crippen molar-refractivity contribution in [3.63, 3.8) is 0 Å². The van der Waals surface area contributed by atoms with Crippen LogP contribution in [0.1, 0.15) is 37.3 Å². The summed E-state index contributed by atoms with van der Waals surface area (Å²) in [6.07, 6.45) is 6.92. The standard InChI is InChI=1S/C29H33N9O7S3/c1-36-32-11-19(48-36)46-12-15-13-47-26-20(25(42)38(26)22(15)27(43)44)34-24(41)21(14-6-8-17(39)9-7-14)37(28(30)45)18-10-31-29(35-23(18)40)33-16-4-2-3-5-16/h6-11,16,20-21,26,32,39H,2-5,12-13H2,1H3,(H2,30,45)(H,34,41)(H,43,44)(H2,31,33,35,40)/t20?,21?,26-/m1/s1. The molecule has 4 heterocycles. The van der Waals surface area contributed by atoms with Crippen molar-refractivity contribution in [2.45, 2.75) is 49.2 Å². The molecule has 254 valence electrons. The molecule has 19 heteroatoms. The van der Waals surface area contributed by atoms with E-state index in [0.29, 0.717) is 17.1 Å². The van der Waals surface area contributed by atoms with E-state index in [9.17, 15) is 34.2 Å². The van der Waals surface area contributed by atoms with Crippen LogP contribution < -0.4 is 32.3 Å². The highest BCUT2D eigenvalue weighted by atomic mass is 32.2. The number of amides is 4. The summed E-state index contributed by atoms with van der Waals surface area (Å²) in [5, 5.41) is 25.1. The SMILES string of the molecule is CN1NC=C(SCC2=C(C(=O)O)N3C(=O)C(NC(=O)C(c4ccc(O)cc4)N(C(N)=O)c4cnc(NC5CCCC5)[nH]c4=O)[C@H]3SC2)S1. The van der Waals surface area contributed by atoms with Crippen molar-refractivity contribution < 1.29 is 29.4 Å². The number of urea groups is 1. The van der Waals surface area contributed by atoms with E-state index in [2.05, 4.69) is 26.0 Å². The minimum Gasteiger partial charge on any atom is -0.508 e. The number of hydrazine groups is 1. The number of nitrogens with one attached hydrogen (secondary N) is 4. The Labute approximate surface area is 287 Å². The number of phenols is 1. The summed E-state index contributed by atoms with van der Waals surface area (Å²) < 4.78 is 2.74. The Hall–Kier alpha value is -4.33. The molecule has 1 saturated heterocycles. The number of rotatable bonds is 11. The van der Waals surface area contributed by atoms with Crippen molar-refractivity contribution >= 4 is 70.9 Å². The molecule has 2 aromatic rings. The van der Waals surface area contributed by atoms with Gasteiger partial charge in [0.1, 0.15) is 34.6 Å². The summed E-state index contributed by atoms with van der Waals surface area (Å²) in [6, 6.07) is 1.70. The molecular formula is C29H33N9O7S3. The molecule has 1 aromatic heterocycles. The Morgan fingerprint density at radius 2 is 1.94 bits per heavy atom. The summed E-state index contributed by atoms with van der Waals surface area (Å²) in [7, 11) is 1.85. The maximum Gasteiger partial charge on any atom is 0.352 e. The zero-order valence-electron chi connectivity index (χ0n) is 25.5. The van der Waals surface area contributed by atoms with Crippen molar-refractivity contribution in [2.75, 3.05) is 28.8 Å². The molecule has 0 radical (unpaired) electrons. The Morgan fingerprint density at radius 3 is 2.56 bits per heavy atom. The average Bonchev–Trinajstić information content (AvgIpc) is 3.73. The number of carboxylic acid groups (broad SMARTS) is 1. The van der Waals surface area contributed by atoms with Gasteiger partial charge >= 0.3 is 12.0 Å². The van der Waals surface area contributed by atoms with Crippen molar-refractivity contribution in [1.29, 1.82) is 0 Å². The maximum atomic E-state index is 14.0. The fourth-order valence-corrected chi connectivity index (χ4v) is 9.31. The van der Waals surface area contributed by atoms with Gasteiger partial charge in [-0.2, -0.15) is 4.41 Å². The highest BCUT2D eigenvalue weighted by molar-refractivity contribution is 8.21. The highest BCUT2D eigenvalue weighted by Crippen LogP contribution is 2.43. The first-order valence-electron chi connectivity index (χ1n) is 15.0. The largest absolute Gasteiger partial charge is 0.508 e. The van der Waals surface area contributed by atoms with E-state index >= 15 is 0 Å². The number of carbonyl (C=O) groups is 4. The van der Waals surface area contributed by atoms with Crippen LogP contribution in [0.2, 0.25) is 0 Å². The molecule has 3 atom stereocenters. The Balaban J connectivity index is 1.24. The van der Waals surface area contributed by atoms with Crippen molar-refractivity contribution in [3.05, 3.63) is 68.1 Å². The van der Waals surface area contributed by atoms with E-state index in [1.54, 1.807) is 10.6 Å². The first-order valence-corrected chi connectivity index (χ1v) is 17.8. The predicted molar refractivity (Wildman–Crippen MR) is 182 cm³/mol. The number of hydrogen-bond acceptors (Lipinski definition) is 13. The molecule has 2 fully saturated rings. The third-order valence-electron chi connectivity index (χ3n) is 8.22. The second-order valence-electron chi connectivity index (χ2n) is 11.4. The Bertz CT molecular complexity index is 1750. The second-order valence-corrected chi connectivity index (χ2v) is 14.9. The summed E-state index contributed by atoms with van der Waals surface area (Å²) in [6.45, 7) is 0. The predicted octanol–water partition coefficient (Wildman–Crippen LogP) is 1.83. The Morgan fingerprint density at radius 1 is 1.21 bits per heavy atom. The van der Waals surface area contributed by atoms with Gasteiger partial charge in [-0.1, -0.05) is 25.0 Å². The van der Waals surface area contributed by atoms with E-state index in [1.165, 1.54) is 64.6 Å². The van der Waals surface area contributed by atoms with E-state index < -0.39 is 46.8 Å². The molecule has 1 aliphatic carbocycles. The molecule has 0 bridgehead atoms. The van der Waals surface area contributed by atoms with Crippen LogP contribution in [0.5, 0.6) is 5.75 Å². The number of aromatic nitrogens is 2. The van der Waals surface area contributed by atoms with Crippen LogP contribution in [0.3, 0.4) is 0 Å². The second kappa shape index (κ2) is 14.0. The van der Waals surface area contributed by atoms with E-state index in [0.717, 1.165) is 41.0 Å². The lowest BCUT2D eigenvalue weighted by Crippen LogP contribution is -2.71. The van der Waals surface area contributed by atoms with Crippen molar-refractivity contribution in [3.8, 4) is 5.75 Å². The fourth-order valence-electron chi connectivity index (χ4n) is 5.94. The molecule has 4 aliphatic rings. The summed E-state index contributed by atoms with van der Waals surface area (Å²) in [4.78, 5) is 74.9. The zero-order chi connectivity index (χ0) is 34.1. The molecule has 1 saturated carbocycles. The van der Waals surface area contributed by atoms with Gasteiger partial charge in [-0.15, -0.1) is 23.5 Å². The first-order chi connectivity index (χ1) is 23.0. The van der Waals surface area contributed by atoms with E-state index in [-0.39, 0.29) is 34.7 Å². The van der Waals surface area contributed by atoms with E-state index in [4.69, 9.17) is 5.73 Å². The number of carbonyl (C=O) groups excluding carboxylic acids is 3. The maximum absolute atomic E-state index is 14.0. The van der Waals surface area contributed by atoms with Crippen LogP contribution in [0.15, 0.2) is 57.0 Å². The average molecular weight is 716 g/mol. The lowest BCUT2D eigenvalue weighted by molar-refractivity contribution is -0.150. The normalized spacial score (nSPS) is 21.6. The number of fused-ring (bicyclic) bond motifs is 1. The number of hydrogen-bond donors (Lipinski definition) is 7. The monoisotopic (exact) mass is 715 g/mol. The van der Waals surface area contributed by atoms with Gasteiger partial charge in [0, 0.05) is 30.8 Å². The van der Waals surface area contributed by atoms with Gasteiger partial charge in [-0.25, -0.2) is 14.6 Å². The first kappa shape index (κ1) is 33.6. The summed E-state index contributed by atoms with van der Waals surface area (Å²) in [5.74, 6) is -1.97. The highest BCUT2D eigenvalue weighted by Gasteiger charge is 2.55. The number of primary amides is 1. The molecule has 48 heavy (non-hydrogen) atoms. The number of carboxylic acids is 1. The number of phenolic OH excluding ortho intramolecular Hbond substituents is 1. The number of β-lactam (4-membered cyclic amide) rings is 1. The molecule has 16 nitrogen and oxygen atoms in total. The van der Waals surface area contributed by atoms with Crippen LogP contribution in [0.25, 0.3) is 0 Å². The Kier molecular flexibility index (Phi) is 9.81. The lowest BCUT2D eigenvalue weighted by atomic mass is 10.00. The number of nitrogens with zero attached hydrogens (tertiary/aromatic N) is 4. The van der Waals surface area contributed by atoms with Crippen LogP contribution in [-0.2, 0) is 14.4 Å². The number of H-pyrrole nitrogens is 1. The van der Waals surface area contributed by atoms with Gasteiger partial charge in [-0.3, -0.25) is 29.2 Å². The van der Waals surface area contributed by atoms with Gasteiger partial charge < -0.3 is 32.0 Å². The molecule has 3 aliphatic heterocycles. The molecule has 6 rings (SSSR count). The third-order valence-corrected chi connectivity index (χ3v) is 11.7. The summed E-state index contributed by atoms with van der Waals surface area (Å²) >= 11 is 4.22. The van der Waals surface area contributed by atoms with Gasteiger partial charge in [0.25, 0.3) is 11.5 Å². The van der Waals surface area contributed by atoms with Gasteiger partial charge in [-0.05, 0) is 48.1 Å². The molecular weight excluding hydrogens is 683 g/mol. The number of aromatic amines is 1. The quantitative estimate of drug-likeness (QED) is 0.130. The minimum atomic E-state index is -1.56. The molecule has 1 aromatic carbocycles. The molecule has 0 spiro atoms. The number of nitrogens with two attached hydrogens (primary N) is 1. The fraction of sp³-hybridized carbons (Fsp3) is 0.379. The molecule has 4 amide bonds. The van der Waals surface area contributed by atoms with Gasteiger partial charge in [0.05, 0.1) is 10.4 Å². The van der Waals surface area contributed by atoms with Crippen molar-refractivity contribution in [1.82, 2.24) is 30.0 Å². The van der Waals surface area contributed by atoms with Crippen LogP contribution in [-0.4, -0.2) is 89.3 Å². The number of aromatic hydroxyl groups is 1. The number of aliphatic carboxylic acids is 1. The molecule has 8 N–H and O–H groups in total. The van der Waals surface area contributed by atoms with E-state index in [1.807, 2.05) is 7.05 Å². The third kappa shape index (κ3) is 6.80.